The zero-order chi connectivity index (χ0) is 18.6. The second kappa shape index (κ2) is 6.31. The molecule has 2 aliphatic carbocycles. The van der Waals surface area contributed by atoms with E-state index in [2.05, 4.69) is 43.4 Å². The molecule has 7 atom stereocenters. The summed E-state index contributed by atoms with van der Waals surface area (Å²) in [6.07, 6.45) is 5.98. The maximum Gasteiger partial charge on any atom is 0.315 e. The molecular weight excluding hydrogens is 338 g/mol. The van der Waals surface area contributed by atoms with Gasteiger partial charge in [-0.25, -0.2) is 0 Å². The number of carbonyl (C=O) groups excluding carboxylic acids is 1. The minimum atomic E-state index is 0.0310. The first-order valence-electron chi connectivity index (χ1n) is 10.7. The van der Waals surface area contributed by atoms with Gasteiger partial charge in [0.25, 0.3) is 0 Å². The topological polar surface area (TPSA) is 55.4 Å². The van der Waals surface area contributed by atoms with Crippen LogP contribution in [0.3, 0.4) is 0 Å². The Bertz CT molecular complexity index is 716. The Morgan fingerprint density at radius 2 is 2.04 bits per heavy atom. The van der Waals surface area contributed by atoms with E-state index >= 15 is 0 Å². The Morgan fingerprint density at radius 3 is 2.78 bits per heavy atom. The van der Waals surface area contributed by atoms with Crippen LogP contribution < -0.4 is 5.32 Å². The number of fused-ring (bicyclic) bond motifs is 3. The van der Waals surface area contributed by atoms with Crippen LogP contribution in [0.1, 0.15) is 57.6 Å². The molecule has 4 aliphatic rings. The lowest BCUT2D eigenvalue weighted by Gasteiger charge is -2.51. The van der Waals surface area contributed by atoms with E-state index in [4.69, 9.17) is 9.47 Å². The van der Waals surface area contributed by atoms with Gasteiger partial charge >= 0.3 is 5.97 Å². The third-order valence-electron chi connectivity index (χ3n) is 8.15. The quantitative estimate of drug-likeness (QED) is 0.655. The first-order valence-corrected chi connectivity index (χ1v) is 10.7. The van der Waals surface area contributed by atoms with Crippen molar-refractivity contribution in [2.24, 2.45) is 23.2 Å². The van der Waals surface area contributed by atoms with E-state index in [0.29, 0.717) is 17.9 Å². The normalized spacial score (nSPS) is 43.7. The van der Waals surface area contributed by atoms with Gasteiger partial charge in [0.05, 0.1) is 18.8 Å². The Hall–Kier alpha value is -1.39. The average molecular weight is 371 g/mol. The van der Waals surface area contributed by atoms with E-state index in [1.165, 1.54) is 24.8 Å². The standard InChI is InChI=1S/C23H31NO3/c1-15(16-7-4-3-5-8-16)24-13-18-17-11-20-22(2,12-19(17)27-21(18)25)9-6-10-23(20)14-26-23/h3-5,7-8,15,17-20,24H,6,9-14H2,1-2H3/p+1/t15-,17+,18+,19+,20-,22+,23-/m0/s1. The van der Waals surface area contributed by atoms with Crippen molar-refractivity contribution in [2.45, 2.75) is 63.7 Å². The molecule has 2 N–H and O–H groups in total. The van der Waals surface area contributed by atoms with Gasteiger partial charge in [-0.2, -0.15) is 0 Å². The first-order chi connectivity index (χ1) is 13.0. The van der Waals surface area contributed by atoms with E-state index in [0.717, 1.165) is 26.0 Å². The highest BCUT2D eigenvalue weighted by molar-refractivity contribution is 5.75. The number of rotatable bonds is 4. The number of quaternary nitrogens is 1. The van der Waals surface area contributed by atoms with Crippen LogP contribution in [0.5, 0.6) is 0 Å². The maximum absolute atomic E-state index is 12.7. The lowest BCUT2D eigenvalue weighted by atomic mass is 9.53. The minimum Gasteiger partial charge on any atom is -0.462 e. The zero-order valence-electron chi connectivity index (χ0n) is 16.5. The molecule has 0 unspecified atom stereocenters. The third-order valence-corrected chi connectivity index (χ3v) is 8.15. The minimum absolute atomic E-state index is 0.0310. The highest BCUT2D eigenvalue weighted by Gasteiger charge is 2.65. The second-order valence-corrected chi connectivity index (χ2v) is 9.77. The Labute approximate surface area is 162 Å². The van der Waals surface area contributed by atoms with Crippen molar-refractivity contribution in [3.63, 3.8) is 0 Å². The third kappa shape index (κ3) is 2.92. The molecule has 0 bridgehead atoms. The molecule has 1 spiro atoms. The van der Waals surface area contributed by atoms with Gasteiger partial charge in [0.2, 0.25) is 0 Å². The predicted octanol–water partition coefficient (Wildman–Crippen LogP) is 2.84. The number of epoxide rings is 1. The molecule has 4 heteroatoms. The molecule has 2 saturated carbocycles. The molecule has 4 fully saturated rings. The smallest absolute Gasteiger partial charge is 0.315 e. The Kier molecular flexibility index (Phi) is 4.14. The summed E-state index contributed by atoms with van der Waals surface area (Å²) in [5.74, 6) is 1.04. The Balaban J connectivity index is 1.30. The van der Waals surface area contributed by atoms with Crippen LogP contribution in [0, 0.1) is 23.2 Å². The van der Waals surface area contributed by atoms with Gasteiger partial charge in [0, 0.05) is 11.5 Å². The van der Waals surface area contributed by atoms with Crippen LogP contribution in [0.15, 0.2) is 30.3 Å². The monoisotopic (exact) mass is 370 g/mol. The number of nitrogens with two attached hydrogens (primary N) is 1. The van der Waals surface area contributed by atoms with Crippen molar-refractivity contribution in [1.29, 1.82) is 0 Å². The molecule has 0 amide bonds. The van der Waals surface area contributed by atoms with Crippen molar-refractivity contribution < 1.29 is 19.6 Å². The fourth-order valence-electron chi connectivity index (χ4n) is 6.47. The molecule has 1 aromatic carbocycles. The van der Waals surface area contributed by atoms with E-state index in [1.807, 2.05) is 6.07 Å². The fraction of sp³-hybridized carbons (Fsp3) is 0.696. The molecule has 5 rings (SSSR count). The number of hydrogen-bond acceptors (Lipinski definition) is 3. The van der Waals surface area contributed by atoms with Gasteiger partial charge in [-0.3, -0.25) is 4.79 Å². The van der Waals surface area contributed by atoms with Crippen molar-refractivity contribution in [1.82, 2.24) is 0 Å². The number of carbonyl (C=O) groups is 1. The lowest BCUT2D eigenvalue weighted by molar-refractivity contribution is -0.696. The van der Waals surface area contributed by atoms with Gasteiger partial charge in [-0.1, -0.05) is 37.3 Å². The van der Waals surface area contributed by atoms with Gasteiger partial charge in [0.15, 0.2) is 0 Å². The van der Waals surface area contributed by atoms with Gasteiger partial charge in [-0.15, -0.1) is 0 Å². The average Bonchev–Trinajstić information content (AvgIpc) is 3.36. The molecule has 0 aromatic heterocycles. The molecule has 0 radical (unpaired) electrons. The highest BCUT2D eigenvalue weighted by atomic mass is 16.6. The van der Waals surface area contributed by atoms with Gasteiger partial charge < -0.3 is 14.8 Å². The highest BCUT2D eigenvalue weighted by Crippen LogP contribution is 2.62. The van der Waals surface area contributed by atoms with Crippen molar-refractivity contribution in [3.05, 3.63) is 35.9 Å². The summed E-state index contributed by atoms with van der Waals surface area (Å²) in [6, 6.07) is 10.9. The van der Waals surface area contributed by atoms with Crippen LogP contribution in [0.4, 0.5) is 0 Å². The van der Waals surface area contributed by atoms with Crippen molar-refractivity contribution >= 4 is 5.97 Å². The molecule has 2 heterocycles. The van der Waals surface area contributed by atoms with E-state index < -0.39 is 0 Å². The summed E-state index contributed by atoms with van der Waals surface area (Å²) in [5.41, 5.74) is 1.73. The number of esters is 1. The fourth-order valence-corrected chi connectivity index (χ4v) is 6.47. The van der Waals surface area contributed by atoms with Crippen LogP contribution in [0.2, 0.25) is 0 Å². The van der Waals surface area contributed by atoms with Crippen LogP contribution in [-0.2, 0) is 14.3 Å². The zero-order valence-corrected chi connectivity index (χ0v) is 16.5. The van der Waals surface area contributed by atoms with Crippen LogP contribution in [0.25, 0.3) is 0 Å². The number of hydrogen-bond donors (Lipinski definition) is 1. The SMILES string of the molecule is C[C@H]([NH2+]C[C@H]1C(=O)O[C@@H]2C[C@@]3(C)CCC[C@]4(CO4)[C@H]3C[C@@H]21)c1ccccc1. The number of benzene rings is 1. The molecule has 2 aliphatic heterocycles. The predicted molar refractivity (Wildman–Crippen MR) is 102 cm³/mol. The van der Waals surface area contributed by atoms with E-state index in [9.17, 15) is 4.79 Å². The number of ether oxygens (including phenoxy) is 2. The van der Waals surface area contributed by atoms with E-state index in [1.54, 1.807) is 0 Å². The van der Waals surface area contributed by atoms with Crippen molar-refractivity contribution in [3.8, 4) is 0 Å². The first kappa shape index (κ1) is 17.7. The van der Waals surface area contributed by atoms with Crippen LogP contribution in [-0.4, -0.2) is 30.8 Å². The summed E-state index contributed by atoms with van der Waals surface area (Å²) in [7, 11) is 0. The van der Waals surface area contributed by atoms with Gasteiger partial charge in [0.1, 0.15) is 18.1 Å². The van der Waals surface area contributed by atoms with Crippen LogP contribution >= 0.6 is 0 Å². The molecule has 2 saturated heterocycles. The molecule has 146 valence electrons. The Morgan fingerprint density at radius 1 is 1.26 bits per heavy atom. The largest absolute Gasteiger partial charge is 0.462 e. The summed E-state index contributed by atoms with van der Waals surface area (Å²) >= 11 is 0. The molecule has 1 aromatic rings. The second-order valence-electron chi connectivity index (χ2n) is 9.77. The summed E-state index contributed by atoms with van der Waals surface area (Å²) < 4.78 is 11.9. The molecule has 27 heavy (non-hydrogen) atoms. The van der Waals surface area contributed by atoms with E-state index in [-0.39, 0.29) is 29.0 Å². The van der Waals surface area contributed by atoms with Gasteiger partial charge in [-0.05, 0) is 50.4 Å². The van der Waals surface area contributed by atoms with Crippen molar-refractivity contribution in [2.75, 3.05) is 13.2 Å². The lowest BCUT2D eigenvalue weighted by Crippen LogP contribution is -2.86. The maximum atomic E-state index is 12.7. The summed E-state index contributed by atoms with van der Waals surface area (Å²) in [4.78, 5) is 12.7. The summed E-state index contributed by atoms with van der Waals surface area (Å²) in [6.45, 7) is 6.40. The molecular formula is C23H32NO3+. The molecule has 4 nitrogen and oxygen atoms in total. The summed E-state index contributed by atoms with van der Waals surface area (Å²) in [5, 5.41) is 2.32.